The van der Waals surface area contributed by atoms with Gasteiger partial charge in [0.05, 0.1) is 16.8 Å². The molecular weight excluding hydrogens is 374 g/mol. The summed E-state index contributed by atoms with van der Waals surface area (Å²) in [5, 5.41) is 11.8. The molecule has 0 radical (unpaired) electrons. The minimum Gasteiger partial charge on any atom is -0.478 e. The summed E-state index contributed by atoms with van der Waals surface area (Å²) in [7, 11) is 0. The number of thiazole rings is 1. The fraction of sp³-hybridized carbons (Fsp3) is 0.105. The minimum atomic E-state index is -1.11. The fourth-order valence-electron chi connectivity index (χ4n) is 2.48. The summed E-state index contributed by atoms with van der Waals surface area (Å²) in [6.07, 6.45) is 0. The number of aromatic nitrogens is 1. The first-order valence-corrected chi connectivity index (χ1v) is 8.66. The lowest BCUT2D eigenvalue weighted by Crippen LogP contribution is -2.13. The van der Waals surface area contributed by atoms with Crippen molar-refractivity contribution >= 4 is 28.9 Å². The fourth-order valence-corrected chi connectivity index (χ4v) is 3.50. The van der Waals surface area contributed by atoms with Crippen LogP contribution in [0.15, 0.2) is 36.4 Å². The molecule has 2 N–H and O–H groups in total. The van der Waals surface area contributed by atoms with Crippen LogP contribution in [0.3, 0.4) is 0 Å². The highest BCUT2D eigenvalue weighted by molar-refractivity contribution is 7.17. The Morgan fingerprint density at radius 3 is 2.41 bits per heavy atom. The monoisotopic (exact) mass is 388 g/mol. The number of aryl methyl sites for hydroxylation is 2. The summed E-state index contributed by atoms with van der Waals surface area (Å²) < 4.78 is 27.9. The third-order valence-electron chi connectivity index (χ3n) is 3.91. The van der Waals surface area contributed by atoms with E-state index in [-0.39, 0.29) is 21.0 Å². The highest BCUT2D eigenvalue weighted by Gasteiger charge is 2.21. The third-order valence-corrected chi connectivity index (χ3v) is 5.09. The van der Waals surface area contributed by atoms with E-state index < -0.39 is 23.5 Å². The van der Waals surface area contributed by atoms with Gasteiger partial charge in [-0.05, 0) is 43.7 Å². The van der Waals surface area contributed by atoms with Crippen LogP contribution in [-0.2, 0) is 0 Å². The standard InChI is InChI=1S/C19H14F2N2O3S/c1-9-6-7-11(19(25)26)8-14(9)23-17(24)16-10(2)22-18(27-16)15-12(20)4-3-5-13(15)21/h3-8H,1-2H3,(H,23,24)(H,25,26). The molecule has 27 heavy (non-hydrogen) atoms. The van der Waals surface area contributed by atoms with Crippen molar-refractivity contribution < 1.29 is 23.5 Å². The first-order valence-electron chi connectivity index (χ1n) is 7.85. The Kier molecular flexibility index (Phi) is 5.00. The van der Waals surface area contributed by atoms with E-state index in [1.54, 1.807) is 19.9 Å². The molecule has 0 bridgehead atoms. The van der Waals surface area contributed by atoms with E-state index >= 15 is 0 Å². The second-order valence-corrected chi connectivity index (χ2v) is 6.82. The number of benzene rings is 2. The lowest BCUT2D eigenvalue weighted by Gasteiger charge is -2.08. The number of amides is 1. The molecule has 0 atom stereocenters. The topological polar surface area (TPSA) is 79.3 Å². The maximum atomic E-state index is 14.0. The molecule has 3 rings (SSSR count). The van der Waals surface area contributed by atoms with E-state index in [9.17, 15) is 18.4 Å². The molecule has 0 fully saturated rings. The Labute approximate surface area is 157 Å². The third kappa shape index (κ3) is 3.70. The van der Waals surface area contributed by atoms with Crippen molar-refractivity contribution in [3.63, 3.8) is 0 Å². The van der Waals surface area contributed by atoms with E-state index in [2.05, 4.69) is 10.3 Å². The number of halogens is 2. The molecule has 0 unspecified atom stereocenters. The average Bonchev–Trinajstić information content (AvgIpc) is 2.98. The maximum Gasteiger partial charge on any atom is 0.335 e. The van der Waals surface area contributed by atoms with Crippen LogP contribution in [0.2, 0.25) is 0 Å². The molecule has 0 aliphatic rings. The SMILES string of the molecule is Cc1ccc(C(=O)O)cc1NC(=O)c1sc(-c2c(F)cccc2F)nc1C. The first-order chi connectivity index (χ1) is 12.8. The van der Waals surface area contributed by atoms with E-state index in [1.807, 2.05) is 0 Å². The Morgan fingerprint density at radius 1 is 1.11 bits per heavy atom. The lowest BCUT2D eigenvalue weighted by atomic mass is 10.1. The highest BCUT2D eigenvalue weighted by Crippen LogP contribution is 2.32. The number of hydrogen-bond donors (Lipinski definition) is 2. The van der Waals surface area contributed by atoms with Crippen LogP contribution >= 0.6 is 11.3 Å². The normalized spacial score (nSPS) is 10.7. The van der Waals surface area contributed by atoms with Crippen molar-refractivity contribution in [3.05, 3.63) is 69.7 Å². The zero-order valence-electron chi connectivity index (χ0n) is 14.3. The Morgan fingerprint density at radius 2 is 1.78 bits per heavy atom. The van der Waals surface area contributed by atoms with Gasteiger partial charge in [0.25, 0.3) is 5.91 Å². The van der Waals surface area contributed by atoms with Gasteiger partial charge in [0, 0.05) is 5.69 Å². The molecule has 1 aromatic heterocycles. The molecule has 3 aromatic rings. The van der Waals surface area contributed by atoms with E-state index in [1.165, 1.54) is 18.2 Å². The zero-order chi connectivity index (χ0) is 19.7. The molecule has 1 amide bonds. The van der Waals surface area contributed by atoms with Gasteiger partial charge < -0.3 is 10.4 Å². The molecule has 0 saturated heterocycles. The van der Waals surface area contributed by atoms with Crippen molar-refractivity contribution in [2.45, 2.75) is 13.8 Å². The second-order valence-electron chi connectivity index (χ2n) is 5.82. The van der Waals surface area contributed by atoms with Gasteiger partial charge in [-0.3, -0.25) is 4.79 Å². The van der Waals surface area contributed by atoms with Gasteiger partial charge in [-0.2, -0.15) is 0 Å². The molecule has 138 valence electrons. The molecule has 8 heteroatoms. The predicted molar refractivity (Wildman–Crippen MR) is 98.3 cm³/mol. The van der Waals surface area contributed by atoms with Gasteiger partial charge in [0.2, 0.25) is 0 Å². The smallest absolute Gasteiger partial charge is 0.335 e. The number of anilines is 1. The number of nitrogens with zero attached hydrogens (tertiary/aromatic N) is 1. The Balaban J connectivity index is 1.94. The average molecular weight is 388 g/mol. The van der Waals surface area contributed by atoms with Crippen LogP contribution in [-0.4, -0.2) is 22.0 Å². The Bertz CT molecular complexity index is 1040. The number of carbonyl (C=O) groups excluding carboxylic acids is 1. The summed E-state index contributed by atoms with van der Waals surface area (Å²) in [4.78, 5) is 28.0. The summed E-state index contributed by atoms with van der Waals surface area (Å²) in [5.74, 6) is -3.17. The minimum absolute atomic E-state index is 0.0334. The summed E-state index contributed by atoms with van der Waals surface area (Å²) in [6.45, 7) is 3.29. The van der Waals surface area contributed by atoms with Gasteiger partial charge in [0.1, 0.15) is 21.5 Å². The maximum absolute atomic E-state index is 14.0. The van der Waals surface area contributed by atoms with Gasteiger partial charge >= 0.3 is 5.97 Å². The number of nitrogens with one attached hydrogen (secondary N) is 1. The number of hydrogen-bond acceptors (Lipinski definition) is 4. The van der Waals surface area contributed by atoms with Crippen molar-refractivity contribution in [2.24, 2.45) is 0 Å². The van der Waals surface area contributed by atoms with Gasteiger partial charge in [0.15, 0.2) is 0 Å². The number of aromatic carboxylic acids is 1. The van der Waals surface area contributed by atoms with Crippen molar-refractivity contribution in [2.75, 3.05) is 5.32 Å². The zero-order valence-corrected chi connectivity index (χ0v) is 15.2. The predicted octanol–water partition coefficient (Wildman–Crippen LogP) is 4.66. The lowest BCUT2D eigenvalue weighted by molar-refractivity contribution is 0.0696. The van der Waals surface area contributed by atoms with Crippen molar-refractivity contribution in [1.82, 2.24) is 4.98 Å². The van der Waals surface area contributed by atoms with Gasteiger partial charge in [-0.25, -0.2) is 18.6 Å². The summed E-state index contributed by atoms with van der Waals surface area (Å²) in [5.41, 5.74) is 1.09. The van der Waals surface area contributed by atoms with Gasteiger partial charge in [-0.15, -0.1) is 11.3 Å². The number of carboxylic acid groups (broad SMARTS) is 1. The molecule has 2 aromatic carbocycles. The molecule has 5 nitrogen and oxygen atoms in total. The van der Waals surface area contributed by atoms with Crippen LogP contribution in [0.25, 0.3) is 10.6 Å². The number of carboxylic acids is 1. The number of carbonyl (C=O) groups is 2. The summed E-state index contributed by atoms with van der Waals surface area (Å²) in [6, 6.07) is 7.86. The first kappa shape index (κ1) is 18.7. The highest BCUT2D eigenvalue weighted by atomic mass is 32.1. The van der Waals surface area contributed by atoms with Crippen LogP contribution in [0.5, 0.6) is 0 Å². The second kappa shape index (κ2) is 7.24. The van der Waals surface area contributed by atoms with Crippen LogP contribution in [0, 0.1) is 25.5 Å². The van der Waals surface area contributed by atoms with Crippen LogP contribution in [0.1, 0.15) is 31.3 Å². The summed E-state index contributed by atoms with van der Waals surface area (Å²) >= 11 is 0.865. The van der Waals surface area contributed by atoms with E-state index in [0.29, 0.717) is 16.9 Å². The van der Waals surface area contributed by atoms with E-state index in [0.717, 1.165) is 23.5 Å². The van der Waals surface area contributed by atoms with Crippen molar-refractivity contribution in [3.8, 4) is 10.6 Å². The molecule has 0 aliphatic carbocycles. The van der Waals surface area contributed by atoms with E-state index in [4.69, 9.17) is 5.11 Å². The van der Waals surface area contributed by atoms with Gasteiger partial charge in [-0.1, -0.05) is 12.1 Å². The molecule has 1 heterocycles. The van der Waals surface area contributed by atoms with Crippen LogP contribution in [0.4, 0.5) is 14.5 Å². The Hall–Kier alpha value is -3.13. The molecule has 0 spiro atoms. The molecule has 0 saturated carbocycles. The van der Waals surface area contributed by atoms with Crippen molar-refractivity contribution in [1.29, 1.82) is 0 Å². The van der Waals surface area contributed by atoms with Crippen LogP contribution < -0.4 is 5.32 Å². The molecule has 0 aliphatic heterocycles. The quantitative estimate of drug-likeness (QED) is 0.682. The largest absolute Gasteiger partial charge is 0.478 e. The molecular formula is C19H14F2N2O3S. The number of rotatable bonds is 4.